The lowest BCUT2D eigenvalue weighted by atomic mass is 9.84. The average molecular weight is 400 g/mol. The number of carbonyl (C=O) groups excluding carboxylic acids is 2. The maximum Gasteiger partial charge on any atom is 0.290 e. The largest absolute Gasteiger partial charge is 0.486 e. The number of ether oxygens (including phenoxy) is 1. The predicted octanol–water partition coefficient (Wildman–Crippen LogP) is 2.64. The van der Waals surface area contributed by atoms with Gasteiger partial charge in [0.25, 0.3) is 6.47 Å². The van der Waals surface area contributed by atoms with E-state index in [0.29, 0.717) is 43.0 Å². The molecule has 1 spiro atoms. The van der Waals surface area contributed by atoms with Crippen molar-refractivity contribution in [3.05, 3.63) is 47.3 Å². The number of hydrogen-bond donors (Lipinski definition) is 1. The molecule has 4 rings (SSSR count). The molecule has 2 aliphatic rings. The third-order valence-corrected chi connectivity index (χ3v) is 5.25. The fourth-order valence-corrected chi connectivity index (χ4v) is 3.90. The highest BCUT2D eigenvalue weighted by atomic mass is 16.5. The van der Waals surface area contributed by atoms with E-state index in [1.807, 2.05) is 36.1 Å². The molecule has 29 heavy (non-hydrogen) atoms. The molecule has 154 valence electrons. The molecular formula is C21H24N2O6. The van der Waals surface area contributed by atoms with Crippen molar-refractivity contribution in [2.45, 2.75) is 44.6 Å². The van der Waals surface area contributed by atoms with Gasteiger partial charge >= 0.3 is 0 Å². The van der Waals surface area contributed by atoms with Gasteiger partial charge in [-0.1, -0.05) is 17.3 Å². The molecule has 3 heterocycles. The number of nitrogens with zero attached hydrogens (tertiary/aromatic N) is 2. The first-order valence-corrected chi connectivity index (χ1v) is 9.55. The van der Waals surface area contributed by atoms with Crippen LogP contribution in [0.5, 0.6) is 5.75 Å². The molecule has 1 unspecified atom stereocenters. The Hall–Kier alpha value is -3.16. The minimum atomic E-state index is -0.497. The molecule has 0 bridgehead atoms. The number of fused-ring (bicyclic) bond motifs is 1. The molecule has 1 aromatic carbocycles. The first-order chi connectivity index (χ1) is 14.0. The SMILES string of the molecule is Cc1cc(CC(=O)N2CCCC3(CC2)CC(=O)c2ccccc2O3)on1.O=CO. The summed E-state index contributed by atoms with van der Waals surface area (Å²) in [5.74, 6) is 1.41. The Labute approximate surface area is 168 Å². The van der Waals surface area contributed by atoms with Crippen molar-refractivity contribution < 1.29 is 28.8 Å². The van der Waals surface area contributed by atoms with E-state index in [2.05, 4.69) is 5.16 Å². The predicted molar refractivity (Wildman–Crippen MR) is 103 cm³/mol. The van der Waals surface area contributed by atoms with Crippen LogP contribution in [0.1, 0.15) is 47.5 Å². The van der Waals surface area contributed by atoms with Gasteiger partial charge in [-0.3, -0.25) is 14.4 Å². The second kappa shape index (κ2) is 8.89. The van der Waals surface area contributed by atoms with Crippen LogP contribution in [0.3, 0.4) is 0 Å². The number of para-hydroxylation sites is 1. The highest BCUT2D eigenvalue weighted by molar-refractivity contribution is 6.00. The van der Waals surface area contributed by atoms with E-state index in [1.165, 1.54) is 0 Å². The molecule has 8 heteroatoms. The van der Waals surface area contributed by atoms with Gasteiger partial charge < -0.3 is 19.3 Å². The Morgan fingerprint density at radius 2 is 2.07 bits per heavy atom. The Kier molecular flexibility index (Phi) is 6.31. The van der Waals surface area contributed by atoms with Gasteiger partial charge in [-0.15, -0.1) is 0 Å². The summed E-state index contributed by atoms with van der Waals surface area (Å²) in [5.41, 5.74) is 0.940. The third kappa shape index (κ3) is 4.82. The van der Waals surface area contributed by atoms with Crippen molar-refractivity contribution in [1.29, 1.82) is 0 Å². The average Bonchev–Trinajstić information content (AvgIpc) is 2.98. The van der Waals surface area contributed by atoms with E-state index in [1.54, 1.807) is 6.07 Å². The van der Waals surface area contributed by atoms with Crippen LogP contribution in [0.2, 0.25) is 0 Å². The van der Waals surface area contributed by atoms with E-state index in [4.69, 9.17) is 19.2 Å². The van der Waals surface area contributed by atoms with E-state index in [-0.39, 0.29) is 24.6 Å². The summed E-state index contributed by atoms with van der Waals surface area (Å²) in [6.07, 6.45) is 2.85. The Morgan fingerprint density at radius 1 is 1.31 bits per heavy atom. The van der Waals surface area contributed by atoms with Crippen LogP contribution in [0.25, 0.3) is 0 Å². The molecule has 1 saturated heterocycles. The smallest absolute Gasteiger partial charge is 0.290 e. The number of ketones is 1. The Balaban J connectivity index is 0.000000755. The van der Waals surface area contributed by atoms with Crippen LogP contribution < -0.4 is 4.74 Å². The van der Waals surface area contributed by atoms with Gasteiger partial charge in [0.15, 0.2) is 5.78 Å². The Morgan fingerprint density at radius 3 is 2.79 bits per heavy atom. The lowest BCUT2D eigenvalue weighted by molar-refractivity contribution is -0.131. The molecule has 1 aromatic heterocycles. The fourth-order valence-electron chi connectivity index (χ4n) is 3.90. The Bertz CT molecular complexity index is 893. The van der Waals surface area contributed by atoms with E-state index in [0.717, 1.165) is 18.5 Å². The van der Waals surface area contributed by atoms with Crippen LogP contribution in [0.4, 0.5) is 0 Å². The lowest BCUT2D eigenvalue weighted by Gasteiger charge is -2.37. The summed E-state index contributed by atoms with van der Waals surface area (Å²) in [7, 11) is 0. The summed E-state index contributed by atoms with van der Waals surface area (Å²) >= 11 is 0. The number of hydrogen-bond acceptors (Lipinski definition) is 6. The van der Waals surface area contributed by atoms with Gasteiger partial charge in [0.05, 0.1) is 24.1 Å². The summed E-state index contributed by atoms with van der Waals surface area (Å²) in [4.78, 5) is 35.4. The highest BCUT2D eigenvalue weighted by Gasteiger charge is 2.41. The van der Waals surface area contributed by atoms with Crippen LogP contribution in [-0.4, -0.2) is 52.0 Å². The molecule has 1 amide bonds. The van der Waals surface area contributed by atoms with Gasteiger partial charge in [-0.2, -0.15) is 0 Å². The van der Waals surface area contributed by atoms with Crippen molar-refractivity contribution in [3.63, 3.8) is 0 Å². The second-order valence-electron chi connectivity index (χ2n) is 7.33. The normalized spacial score (nSPS) is 20.7. The lowest BCUT2D eigenvalue weighted by Crippen LogP contribution is -2.43. The maximum atomic E-state index is 12.6. The number of carbonyl (C=O) groups is 3. The maximum absolute atomic E-state index is 12.6. The molecule has 0 aliphatic carbocycles. The number of Topliss-reactive ketones (excluding diaryl/α,β-unsaturated/α-hetero) is 1. The van der Waals surface area contributed by atoms with Crippen molar-refractivity contribution in [2.24, 2.45) is 0 Å². The van der Waals surface area contributed by atoms with Crippen molar-refractivity contribution >= 4 is 18.2 Å². The molecule has 0 radical (unpaired) electrons. The van der Waals surface area contributed by atoms with Crippen LogP contribution in [-0.2, 0) is 16.0 Å². The quantitative estimate of drug-likeness (QED) is 0.772. The van der Waals surface area contributed by atoms with Crippen LogP contribution in [0.15, 0.2) is 34.9 Å². The fraction of sp³-hybridized carbons (Fsp3) is 0.429. The van der Waals surface area contributed by atoms with Gasteiger partial charge in [0.2, 0.25) is 5.91 Å². The van der Waals surface area contributed by atoms with Crippen LogP contribution >= 0.6 is 0 Å². The number of rotatable bonds is 2. The molecular weight excluding hydrogens is 376 g/mol. The summed E-state index contributed by atoms with van der Waals surface area (Å²) in [6, 6.07) is 9.20. The molecule has 1 fully saturated rings. The van der Waals surface area contributed by atoms with Crippen molar-refractivity contribution in [3.8, 4) is 5.75 Å². The minimum Gasteiger partial charge on any atom is -0.486 e. The monoisotopic (exact) mass is 400 g/mol. The number of aryl methyl sites for hydroxylation is 1. The first kappa shape index (κ1) is 20.6. The van der Waals surface area contributed by atoms with Gasteiger partial charge in [0, 0.05) is 25.6 Å². The third-order valence-electron chi connectivity index (χ3n) is 5.25. The zero-order valence-electron chi connectivity index (χ0n) is 16.3. The van der Waals surface area contributed by atoms with Crippen LogP contribution in [0, 0.1) is 6.92 Å². The molecule has 2 aromatic rings. The zero-order chi connectivity index (χ0) is 20.9. The molecule has 1 N–H and O–H groups in total. The van der Waals surface area contributed by atoms with Crippen molar-refractivity contribution in [1.82, 2.24) is 10.1 Å². The number of amides is 1. The summed E-state index contributed by atoms with van der Waals surface area (Å²) in [6.45, 7) is 2.84. The van der Waals surface area contributed by atoms with E-state index >= 15 is 0 Å². The highest BCUT2D eigenvalue weighted by Crippen LogP contribution is 2.39. The van der Waals surface area contributed by atoms with Gasteiger partial charge in [-0.25, -0.2) is 0 Å². The molecule has 2 aliphatic heterocycles. The van der Waals surface area contributed by atoms with Gasteiger partial charge in [0.1, 0.15) is 17.1 Å². The molecule has 8 nitrogen and oxygen atoms in total. The zero-order valence-corrected chi connectivity index (χ0v) is 16.3. The molecule has 0 saturated carbocycles. The number of likely N-dealkylation sites (tertiary alicyclic amines) is 1. The summed E-state index contributed by atoms with van der Waals surface area (Å²) in [5, 5.41) is 10.7. The standard InChI is InChI=1S/C20H22N2O4.CH2O2/c1-14-11-15(26-21-14)12-19(24)22-9-4-7-20(8-10-22)13-17(23)16-5-2-3-6-18(16)25-20;2-1-3/h2-3,5-6,11H,4,7-10,12-13H2,1H3;1H,(H,2,3). The first-order valence-electron chi connectivity index (χ1n) is 9.55. The van der Waals surface area contributed by atoms with Gasteiger partial charge in [-0.05, 0) is 31.9 Å². The number of carboxylic acid groups (broad SMARTS) is 1. The number of aromatic nitrogens is 1. The summed E-state index contributed by atoms with van der Waals surface area (Å²) < 4.78 is 11.4. The topological polar surface area (TPSA) is 110 Å². The van der Waals surface area contributed by atoms with E-state index in [9.17, 15) is 9.59 Å². The minimum absolute atomic E-state index is 0.0285. The second-order valence-corrected chi connectivity index (χ2v) is 7.33. The number of benzene rings is 1. The van der Waals surface area contributed by atoms with Crippen molar-refractivity contribution in [2.75, 3.05) is 13.1 Å². The molecule has 1 atom stereocenters. The van der Waals surface area contributed by atoms with E-state index < -0.39 is 5.60 Å².